The van der Waals surface area contributed by atoms with Crippen molar-refractivity contribution in [1.82, 2.24) is 10.6 Å². The van der Waals surface area contributed by atoms with Gasteiger partial charge in [0.25, 0.3) is 0 Å². The molecule has 170 valence electrons. The van der Waals surface area contributed by atoms with Gasteiger partial charge in [0.05, 0.1) is 0 Å². The monoisotopic (exact) mass is 450 g/mol. The highest BCUT2D eigenvalue weighted by Gasteiger charge is 2.46. The van der Waals surface area contributed by atoms with E-state index in [-0.39, 0.29) is 12.5 Å². The maximum atomic E-state index is 12.7. The van der Waals surface area contributed by atoms with Crippen molar-refractivity contribution >= 4 is 18.0 Å². The van der Waals surface area contributed by atoms with E-state index < -0.39 is 42.7 Å². The summed E-state index contributed by atoms with van der Waals surface area (Å²) in [5.74, 6) is -3.56. The molecule has 1 aliphatic carbocycles. The molecule has 0 fully saturated rings. The first kappa shape index (κ1) is 23.1. The zero-order valence-corrected chi connectivity index (χ0v) is 17.0. The van der Waals surface area contributed by atoms with Crippen LogP contribution >= 0.6 is 0 Å². The summed E-state index contributed by atoms with van der Waals surface area (Å²) in [6.07, 6.45) is -6.52. The number of carboxylic acid groups (broad SMARTS) is 1. The van der Waals surface area contributed by atoms with Crippen molar-refractivity contribution in [1.29, 1.82) is 0 Å². The molecule has 3 rings (SSSR count). The summed E-state index contributed by atoms with van der Waals surface area (Å²) in [6.45, 7) is 1.43. The van der Waals surface area contributed by atoms with E-state index in [1.165, 1.54) is 12.2 Å². The number of ether oxygens (including phenoxy) is 1. The third-order valence-corrected chi connectivity index (χ3v) is 5.08. The van der Waals surface area contributed by atoms with Gasteiger partial charge in [-0.25, -0.2) is 9.59 Å². The third kappa shape index (κ3) is 5.19. The largest absolute Gasteiger partial charge is 0.479 e. The number of carbonyl (C=O) groups is 3. The predicted octanol–water partition coefficient (Wildman–Crippen LogP) is 3.44. The minimum Gasteiger partial charge on any atom is -0.479 e. The average Bonchev–Trinajstić information content (AvgIpc) is 3.03. The topological polar surface area (TPSA) is 105 Å². The molecule has 2 aromatic carbocycles. The predicted molar refractivity (Wildman–Crippen MR) is 108 cm³/mol. The summed E-state index contributed by atoms with van der Waals surface area (Å²) in [5, 5.41) is 12.4. The second-order valence-corrected chi connectivity index (χ2v) is 7.46. The Hall–Kier alpha value is -3.56. The van der Waals surface area contributed by atoms with Crippen LogP contribution in [0, 0.1) is 0 Å². The molecule has 7 nitrogen and oxygen atoms in total. The molecule has 0 spiro atoms. The van der Waals surface area contributed by atoms with Gasteiger partial charge in [-0.3, -0.25) is 4.79 Å². The molecule has 0 saturated carbocycles. The van der Waals surface area contributed by atoms with Gasteiger partial charge in [0.15, 0.2) is 0 Å². The van der Waals surface area contributed by atoms with Crippen LogP contribution in [0.1, 0.15) is 30.4 Å². The second-order valence-electron chi connectivity index (χ2n) is 7.46. The smallest absolute Gasteiger partial charge is 0.419 e. The highest BCUT2D eigenvalue weighted by molar-refractivity contribution is 5.84. The molecule has 2 amide bonds. The fourth-order valence-electron chi connectivity index (χ4n) is 3.67. The van der Waals surface area contributed by atoms with Crippen LogP contribution in [0.25, 0.3) is 11.1 Å². The van der Waals surface area contributed by atoms with E-state index in [2.05, 4.69) is 5.32 Å². The Labute approximate surface area is 181 Å². The van der Waals surface area contributed by atoms with Crippen molar-refractivity contribution in [2.45, 2.75) is 37.5 Å². The summed E-state index contributed by atoms with van der Waals surface area (Å²) < 4.78 is 43.3. The Morgan fingerprint density at radius 3 is 2.03 bits per heavy atom. The maximum Gasteiger partial charge on any atom is 0.419 e. The first-order chi connectivity index (χ1) is 15.1. The number of fused-ring (bicyclic) bond motifs is 3. The van der Waals surface area contributed by atoms with Gasteiger partial charge in [0.2, 0.25) is 11.9 Å². The summed E-state index contributed by atoms with van der Waals surface area (Å²) in [6, 6.07) is 11.6. The Bertz CT molecular complexity index is 979. The summed E-state index contributed by atoms with van der Waals surface area (Å²) in [7, 11) is 0. The van der Waals surface area contributed by atoms with E-state index in [0.29, 0.717) is 0 Å². The van der Waals surface area contributed by atoms with Crippen LogP contribution in [0.4, 0.5) is 18.0 Å². The first-order valence-electron chi connectivity index (χ1n) is 9.78. The van der Waals surface area contributed by atoms with Crippen molar-refractivity contribution in [3.8, 4) is 11.1 Å². The molecule has 32 heavy (non-hydrogen) atoms. The van der Waals surface area contributed by atoms with Crippen LogP contribution in [-0.4, -0.2) is 47.9 Å². The van der Waals surface area contributed by atoms with E-state index >= 15 is 0 Å². The first-order valence-corrected chi connectivity index (χ1v) is 9.78. The average molecular weight is 450 g/mol. The lowest BCUT2D eigenvalue weighted by Crippen LogP contribution is -2.51. The minimum atomic E-state index is -5.13. The third-order valence-electron chi connectivity index (χ3n) is 5.08. The summed E-state index contributed by atoms with van der Waals surface area (Å²) >= 11 is 0. The molecule has 2 aromatic rings. The molecule has 3 N–H and O–H groups in total. The minimum absolute atomic E-state index is 0.0357. The molecule has 1 unspecified atom stereocenters. The van der Waals surface area contributed by atoms with Gasteiger partial charge in [-0.2, -0.15) is 13.2 Å². The van der Waals surface area contributed by atoms with E-state index in [1.54, 1.807) is 0 Å². The van der Waals surface area contributed by atoms with Gasteiger partial charge >= 0.3 is 18.2 Å². The van der Waals surface area contributed by atoms with E-state index in [0.717, 1.165) is 22.3 Å². The zero-order valence-electron chi connectivity index (χ0n) is 17.0. The highest BCUT2D eigenvalue weighted by atomic mass is 19.4. The summed E-state index contributed by atoms with van der Waals surface area (Å²) in [5.41, 5.74) is 4.14. The number of carbonyl (C=O) groups excluding carboxylic acids is 2. The molecular formula is C22H21F3N2O5. The number of nitrogens with one attached hydrogen (secondary N) is 2. The van der Waals surface area contributed by atoms with Crippen molar-refractivity contribution in [3.63, 3.8) is 0 Å². The van der Waals surface area contributed by atoms with Gasteiger partial charge in [0, 0.05) is 18.4 Å². The van der Waals surface area contributed by atoms with Crippen molar-refractivity contribution < 1.29 is 37.4 Å². The number of hydrogen-bond acceptors (Lipinski definition) is 4. The number of aliphatic carboxylic acids is 1. The molecule has 0 aliphatic heterocycles. The molecule has 0 aromatic heterocycles. The van der Waals surface area contributed by atoms with Gasteiger partial charge in [-0.15, -0.1) is 0 Å². The number of rotatable bonds is 7. The Morgan fingerprint density at radius 1 is 1.00 bits per heavy atom. The van der Waals surface area contributed by atoms with E-state index in [9.17, 15) is 27.6 Å². The Kier molecular flexibility index (Phi) is 6.71. The Balaban J connectivity index is 1.54. The van der Waals surface area contributed by atoms with Gasteiger partial charge in [0.1, 0.15) is 6.61 Å². The molecule has 1 aliphatic rings. The zero-order chi connectivity index (χ0) is 23.5. The fourth-order valence-corrected chi connectivity index (χ4v) is 3.67. The number of alkyl halides is 3. The van der Waals surface area contributed by atoms with Crippen molar-refractivity contribution in [2.24, 2.45) is 0 Å². The highest BCUT2D eigenvalue weighted by Crippen LogP contribution is 2.44. The molecule has 2 atom stereocenters. The van der Waals surface area contributed by atoms with Crippen molar-refractivity contribution in [2.75, 3.05) is 6.61 Å². The lowest BCUT2D eigenvalue weighted by Gasteiger charge is -2.20. The van der Waals surface area contributed by atoms with E-state index in [1.807, 2.05) is 48.5 Å². The van der Waals surface area contributed by atoms with Crippen LogP contribution in [0.2, 0.25) is 0 Å². The van der Waals surface area contributed by atoms with Crippen LogP contribution in [-0.2, 0) is 14.3 Å². The molecule has 0 radical (unpaired) electrons. The number of amides is 2. The van der Waals surface area contributed by atoms with Crippen LogP contribution in [0.5, 0.6) is 0 Å². The number of hydrogen-bond donors (Lipinski definition) is 3. The molecule has 0 heterocycles. The van der Waals surface area contributed by atoms with Crippen LogP contribution < -0.4 is 10.6 Å². The van der Waals surface area contributed by atoms with Crippen molar-refractivity contribution in [3.05, 3.63) is 59.7 Å². The quantitative estimate of drug-likeness (QED) is 0.600. The van der Waals surface area contributed by atoms with Crippen LogP contribution in [0.15, 0.2) is 48.5 Å². The Morgan fingerprint density at radius 2 is 1.53 bits per heavy atom. The number of carboxylic acids is 1. The lowest BCUT2D eigenvalue weighted by atomic mass is 9.98. The molecular weight excluding hydrogens is 429 g/mol. The van der Waals surface area contributed by atoms with Gasteiger partial charge in [-0.05, 0) is 29.2 Å². The van der Waals surface area contributed by atoms with E-state index in [4.69, 9.17) is 9.84 Å². The van der Waals surface area contributed by atoms with Gasteiger partial charge < -0.3 is 20.5 Å². The van der Waals surface area contributed by atoms with Gasteiger partial charge in [-0.1, -0.05) is 48.5 Å². The second kappa shape index (κ2) is 9.29. The standard InChI is InChI=1S/C22H21F3N2O5/c1-12(10-18(28)27-19(20(29)30)22(23,24)25)26-21(31)32-11-17-15-8-4-2-6-13(15)14-7-3-5-9-16(14)17/h2-9,12,17,19H,10-11H2,1H3,(H,26,31)(H,27,28)(H,29,30)/t12-,19?/m0/s1. The molecule has 10 heteroatoms. The molecule has 0 bridgehead atoms. The molecule has 0 saturated heterocycles. The van der Waals surface area contributed by atoms with Crippen LogP contribution in [0.3, 0.4) is 0 Å². The maximum absolute atomic E-state index is 12.7. The number of alkyl carbamates (subject to hydrolysis) is 1. The summed E-state index contributed by atoms with van der Waals surface area (Å²) in [4.78, 5) is 34.6. The lowest BCUT2D eigenvalue weighted by molar-refractivity contribution is -0.182. The SMILES string of the molecule is C[C@@H](CC(=O)NC(C(=O)O)C(F)(F)F)NC(=O)OCC1c2ccccc2-c2ccccc21. The number of benzene rings is 2. The number of halogens is 3. The fraction of sp³-hybridized carbons (Fsp3) is 0.318. The normalized spacial score (nSPS) is 14.6.